The molecule has 0 atom stereocenters. The van der Waals surface area contributed by atoms with Crippen molar-refractivity contribution in [3.63, 3.8) is 0 Å². The number of ether oxygens (including phenoxy) is 1. The van der Waals surface area contributed by atoms with Gasteiger partial charge in [-0.25, -0.2) is 9.97 Å². The van der Waals surface area contributed by atoms with Crippen molar-refractivity contribution in [1.29, 1.82) is 0 Å². The average Bonchev–Trinajstić information content (AvgIpc) is 3.01. The minimum absolute atomic E-state index is 0.184. The van der Waals surface area contributed by atoms with Crippen molar-refractivity contribution in [3.05, 3.63) is 38.8 Å². The van der Waals surface area contributed by atoms with Gasteiger partial charge in [-0.2, -0.15) is 0 Å². The number of fused-ring (bicyclic) bond motifs is 1. The summed E-state index contributed by atoms with van der Waals surface area (Å²) in [5, 5.41) is 1.41. The van der Waals surface area contributed by atoms with Gasteiger partial charge in [0.1, 0.15) is 18.2 Å². The Bertz CT molecular complexity index is 1130. The molecule has 0 unspecified atom stereocenters. The maximum absolute atomic E-state index is 12.4. The van der Waals surface area contributed by atoms with Crippen LogP contribution in [0.3, 0.4) is 0 Å². The number of nitrogens with zero attached hydrogens (tertiary/aromatic N) is 4. The molecule has 3 rings (SSSR count). The van der Waals surface area contributed by atoms with E-state index in [0.29, 0.717) is 28.4 Å². The lowest BCUT2D eigenvalue weighted by Gasteiger charge is -2.15. The van der Waals surface area contributed by atoms with Crippen molar-refractivity contribution >= 4 is 65.0 Å². The number of pyridine rings is 2. The van der Waals surface area contributed by atoms with Crippen LogP contribution in [0.4, 0.5) is 5.82 Å². The zero-order valence-electron chi connectivity index (χ0n) is 18.4. The molecule has 0 aliphatic carbocycles. The third-order valence-electron chi connectivity index (χ3n) is 4.87. The van der Waals surface area contributed by atoms with E-state index in [-0.39, 0.29) is 11.7 Å². The Hall–Kier alpha value is -1.69. The third kappa shape index (κ3) is 5.39. The number of hydrogen-bond acceptors (Lipinski definition) is 5. The van der Waals surface area contributed by atoms with Crippen LogP contribution in [0.25, 0.3) is 22.2 Å². The van der Waals surface area contributed by atoms with Crippen LogP contribution >= 0.6 is 34.2 Å². The molecule has 0 saturated carbocycles. The molecule has 0 fully saturated rings. The topological polar surface area (TPSA) is 86.3 Å². The molecule has 166 valence electrons. The number of nitrogen functional groups attached to an aromatic ring is 1. The largest absolute Gasteiger partial charge is 0.383 e. The highest BCUT2D eigenvalue weighted by molar-refractivity contribution is 14.1. The predicted molar refractivity (Wildman–Crippen MR) is 137 cm³/mol. The van der Waals surface area contributed by atoms with Crippen LogP contribution < -0.4 is 5.73 Å². The predicted octanol–water partition coefficient (Wildman–Crippen LogP) is 4.95. The van der Waals surface area contributed by atoms with Crippen molar-refractivity contribution in [2.24, 2.45) is 0 Å². The Kier molecular flexibility index (Phi) is 7.29. The number of carbonyl (C=O) groups is 1. The summed E-state index contributed by atoms with van der Waals surface area (Å²) in [5.41, 5.74) is 8.41. The van der Waals surface area contributed by atoms with Crippen molar-refractivity contribution in [2.75, 3.05) is 26.4 Å². The van der Waals surface area contributed by atoms with E-state index in [9.17, 15) is 4.79 Å². The van der Waals surface area contributed by atoms with E-state index in [2.05, 4.69) is 52.2 Å². The van der Waals surface area contributed by atoms with Crippen LogP contribution in [0.2, 0.25) is 30.7 Å². The van der Waals surface area contributed by atoms with Gasteiger partial charge in [-0.05, 0) is 34.7 Å². The highest BCUT2D eigenvalue weighted by Gasteiger charge is 2.19. The number of anilines is 1. The van der Waals surface area contributed by atoms with Crippen molar-refractivity contribution in [2.45, 2.75) is 32.4 Å². The SMILES string of the molecule is CN(C)C(=O)c1cc(-c2cnc3c(c(I)cn3COCC[Si](C)(C)C)c2Cl)cnc1N. The molecule has 3 aromatic heterocycles. The maximum atomic E-state index is 12.4. The standard InChI is InChI=1S/C21H27ClIN5O2Si/c1-27(2)21(29)14-8-13(9-25-19(14)24)15-10-26-20-17(18(15)22)16(23)11-28(20)12-30-6-7-31(3,4)5/h8-11H,6-7,12H2,1-5H3,(H2,24,25). The summed E-state index contributed by atoms with van der Waals surface area (Å²) >= 11 is 9.06. The Morgan fingerprint density at radius 3 is 2.65 bits per heavy atom. The summed E-state index contributed by atoms with van der Waals surface area (Å²) in [6.07, 6.45) is 5.31. The van der Waals surface area contributed by atoms with Gasteiger partial charge in [-0.1, -0.05) is 31.2 Å². The number of carbonyl (C=O) groups excluding carboxylic acids is 1. The molecule has 7 nitrogen and oxygen atoms in total. The van der Waals surface area contributed by atoms with Crippen molar-refractivity contribution in [3.8, 4) is 11.1 Å². The lowest BCUT2D eigenvalue weighted by Crippen LogP contribution is -2.23. The first kappa shape index (κ1) is 24.0. The Morgan fingerprint density at radius 1 is 1.29 bits per heavy atom. The van der Waals surface area contributed by atoms with E-state index >= 15 is 0 Å². The van der Waals surface area contributed by atoms with E-state index in [1.807, 2.05) is 10.8 Å². The van der Waals surface area contributed by atoms with Crippen molar-refractivity contribution < 1.29 is 9.53 Å². The Labute approximate surface area is 202 Å². The maximum Gasteiger partial charge on any atom is 0.257 e. The summed E-state index contributed by atoms with van der Waals surface area (Å²) < 4.78 is 8.85. The van der Waals surface area contributed by atoms with Gasteiger partial charge >= 0.3 is 0 Å². The van der Waals surface area contributed by atoms with Gasteiger partial charge in [0.05, 0.1) is 16.0 Å². The zero-order valence-corrected chi connectivity index (χ0v) is 22.3. The molecular weight excluding hydrogens is 545 g/mol. The van der Waals surface area contributed by atoms with Gasteiger partial charge in [0.25, 0.3) is 5.91 Å². The molecule has 0 saturated heterocycles. The normalized spacial score (nSPS) is 11.8. The second-order valence-corrected chi connectivity index (χ2v) is 16.0. The molecule has 1 amide bonds. The first-order valence-corrected chi connectivity index (χ1v) is 15.0. The number of nitrogens with two attached hydrogens (primary N) is 1. The molecule has 0 spiro atoms. The molecule has 0 aromatic carbocycles. The number of hydrogen-bond donors (Lipinski definition) is 1. The molecule has 0 radical (unpaired) electrons. The number of amides is 1. The highest BCUT2D eigenvalue weighted by atomic mass is 127. The van der Waals surface area contributed by atoms with Crippen LogP contribution in [0, 0.1) is 3.57 Å². The second kappa shape index (κ2) is 9.43. The van der Waals surface area contributed by atoms with Gasteiger partial charge in [0.15, 0.2) is 0 Å². The molecule has 3 aromatic rings. The minimum Gasteiger partial charge on any atom is -0.383 e. The molecule has 10 heteroatoms. The summed E-state index contributed by atoms with van der Waals surface area (Å²) in [6.45, 7) is 8.15. The highest BCUT2D eigenvalue weighted by Crippen LogP contribution is 2.37. The van der Waals surface area contributed by atoms with E-state index in [1.165, 1.54) is 4.90 Å². The molecule has 31 heavy (non-hydrogen) atoms. The molecule has 3 heterocycles. The fraction of sp³-hybridized carbons (Fsp3) is 0.381. The average molecular weight is 572 g/mol. The van der Waals surface area contributed by atoms with Crippen molar-refractivity contribution in [1.82, 2.24) is 19.4 Å². The van der Waals surface area contributed by atoms with Crippen LogP contribution in [0.15, 0.2) is 24.7 Å². The van der Waals surface area contributed by atoms with Gasteiger partial charge in [0.2, 0.25) is 0 Å². The van der Waals surface area contributed by atoms with Gasteiger partial charge in [-0.3, -0.25) is 4.79 Å². The summed E-state index contributed by atoms with van der Waals surface area (Å²) in [7, 11) is 2.21. The smallest absolute Gasteiger partial charge is 0.257 e. The third-order valence-corrected chi connectivity index (χ3v) is 7.78. The van der Waals surface area contributed by atoms with Gasteiger partial charge < -0.3 is 19.9 Å². The molecular formula is C21H27ClIN5O2Si. The zero-order chi connectivity index (χ0) is 22.9. The summed E-state index contributed by atoms with van der Waals surface area (Å²) in [4.78, 5) is 22.7. The lowest BCUT2D eigenvalue weighted by molar-refractivity contribution is 0.0828. The summed E-state index contributed by atoms with van der Waals surface area (Å²) in [6, 6.07) is 2.82. The monoisotopic (exact) mass is 571 g/mol. The van der Waals surface area contributed by atoms with Crippen LogP contribution in [0.1, 0.15) is 10.4 Å². The first-order valence-electron chi connectivity index (χ1n) is 9.87. The van der Waals surface area contributed by atoms with E-state index in [1.54, 1.807) is 32.6 Å². The van der Waals surface area contributed by atoms with Crippen LogP contribution in [-0.4, -0.2) is 54.1 Å². The van der Waals surface area contributed by atoms with Crippen LogP contribution in [-0.2, 0) is 11.5 Å². The first-order chi connectivity index (χ1) is 14.5. The number of rotatable bonds is 7. The second-order valence-electron chi connectivity index (χ2n) is 8.84. The quantitative estimate of drug-likeness (QED) is 0.246. The lowest BCUT2D eigenvalue weighted by atomic mass is 10.1. The molecule has 0 bridgehead atoms. The summed E-state index contributed by atoms with van der Waals surface area (Å²) in [5.74, 6) is -0.0305. The van der Waals surface area contributed by atoms with Gasteiger partial charge in [-0.15, -0.1) is 0 Å². The number of aromatic nitrogens is 3. The minimum atomic E-state index is -1.14. The molecule has 0 aliphatic heterocycles. The molecule has 2 N–H and O–H groups in total. The number of halogens is 2. The van der Waals surface area contributed by atoms with E-state index in [0.717, 1.165) is 27.3 Å². The Balaban J connectivity index is 1.95. The van der Waals surface area contributed by atoms with E-state index < -0.39 is 8.07 Å². The Morgan fingerprint density at radius 2 is 2.00 bits per heavy atom. The van der Waals surface area contributed by atoms with Gasteiger partial charge in [0, 0.05) is 62.1 Å². The van der Waals surface area contributed by atoms with Crippen LogP contribution in [0.5, 0.6) is 0 Å². The fourth-order valence-electron chi connectivity index (χ4n) is 3.05. The molecule has 0 aliphatic rings. The fourth-order valence-corrected chi connectivity index (χ4v) is 5.15. The van der Waals surface area contributed by atoms with E-state index in [4.69, 9.17) is 22.1 Å².